The lowest BCUT2D eigenvalue weighted by Crippen LogP contribution is -2.42. The number of aryl methyl sites for hydroxylation is 1. The standard InChI is InChI=1S/C17H18ClNO6S/c1-8-9-5-11(18)13(20)7-14(9)25-17(24)10(8)6-15(21)19-12(16(22)23)3-4-26-2/h5,7,12,20H,3-4,6H2,1-2H3,(H,19,21)(H,22,23). The highest BCUT2D eigenvalue weighted by Gasteiger charge is 2.22. The number of hydrogen-bond acceptors (Lipinski definition) is 6. The fourth-order valence-corrected chi connectivity index (χ4v) is 3.14. The third-order valence-corrected chi connectivity index (χ3v) is 4.88. The Morgan fingerprint density at radius 2 is 2.08 bits per heavy atom. The van der Waals surface area contributed by atoms with E-state index >= 15 is 0 Å². The van der Waals surface area contributed by atoms with Crippen LogP contribution in [0.25, 0.3) is 11.0 Å². The van der Waals surface area contributed by atoms with Gasteiger partial charge in [-0.25, -0.2) is 9.59 Å². The number of thioether (sulfide) groups is 1. The van der Waals surface area contributed by atoms with Crippen LogP contribution < -0.4 is 10.9 Å². The van der Waals surface area contributed by atoms with Crippen LogP contribution >= 0.6 is 23.4 Å². The highest BCUT2D eigenvalue weighted by molar-refractivity contribution is 7.98. The van der Waals surface area contributed by atoms with Crippen LogP contribution in [0.3, 0.4) is 0 Å². The lowest BCUT2D eigenvalue weighted by atomic mass is 10.0. The number of aliphatic carboxylic acids is 1. The summed E-state index contributed by atoms with van der Waals surface area (Å²) in [5, 5.41) is 21.8. The number of amides is 1. The van der Waals surface area contributed by atoms with Crippen LogP contribution in [0.4, 0.5) is 0 Å². The number of carboxylic acids is 1. The van der Waals surface area contributed by atoms with Crippen molar-refractivity contribution in [2.24, 2.45) is 0 Å². The van der Waals surface area contributed by atoms with Crippen LogP contribution in [0.5, 0.6) is 5.75 Å². The molecule has 2 aromatic rings. The van der Waals surface area contributed by atoms with Gasteiger partial charge < -0.3 is 19.9 Å². The van der Waals surface area contributed by atoms with Crippen LogP contribution in [0.2, 0.25) is 5.02 Å². The number of fused-ring (bicyclic) bond motifs is 1. The maximum absolute atomic E-state index is 12.2. The molecule has 0 radical (unpaired) electrons. The topological polar surface area (TPSA) is 117 Å². The van der Waals surface area contributed by atoms with Gasteiger partial charge in [0.15, 0.2) is 0 Å². The third-order valence-electron chi connectivity index (χ3n) is 3.94. The first-order valence-electron chi connectivity index (χ1n) is 7.70. The van der Waals surface area contributed by atoms with Gasteiger partial charge in [-0.15, -0.1) is 0 Å². The van der Waals surface area contributed by atoms with E-state index in [-0.39, 0.29) is 34.8 Å². The molecule has 0 saturated carbocycles. The molecule has 0 aliphatic rings. The lowest BCUT2D eigenvalue weighted by molar-refractivity contribution is -0.141. The van der Waals surface area contributed by atoms with Crippen LogP contribution in [0.15, 0.2) is 21.3 Å². The monoisotopic (exact) mass is 399 g/mol. The Bertz CT molecular complexity index is 910. The average Bonchev–Trinajstić information content (AvgIpc) is 2.57. The number of hydrogen-bond donors (Lipinski definition) is 3. The maximum atomic E-state index is 12.2. The predicted molar refractivity (Wildman–Crippen MR) is 100 cm³/mol. The summed E-state index contributed by atoms with van der Waals surface area (Å²) in [4.78, 5) is 35.6. The van der Waals surface area contributed by atoms with Crippen molar-refractivity contribution in [2.45, 2.75) is 25.8 Å². The molecule has 140 valence electrons. The summed E-state index contributed by atoms with van der Waals surface area (Å²) >= 11 is 7.37. The van der Waals surface area contributed by atoms with E-state index < -0.39 is 23.5 Å². The first-order valence-corrected chi connectivity index (χ1v) is 9.47. The van der Waals surface area contributed by atoms with Gasteiger partial charge in [0.25, 0.3) is 0 Å². The molecule has 3 N–H and O–H groups in total. The molecule has 0 aliphatic heterocycles. The second-order valence-corrected chi connectivity index (χ2v) is 7.10. The summed E-state index contributed by atoms with van der Waals surface area (Å²) in [5.74, 6) is -1.35. The third kappa shape index (κ3) is 4.50. The normalized spacial score (nSPS) is 12.1. The van der Waals surface area contributed by atoms with Crippen molar-refractivity contribution in [3.63, 3.8) is 0 Å². The second kappa shape index (κ2) is 8.46. The molecule has 0 bridgehead atoms. The van der Waals surface area contributed by atoms with Crippen molar-refractivity contribution in [1.29, 1.82) is 0 Å². The number of aromatic hydroxyl groups is 1. The highest BCUT2D eigenvalue weighted by Crippen LogP contribution is 2.30. The van der Waals surface area contributed by atoms with Crippen molar-refractivity contribution in [2.75, 3.05) is 12.0 Å². The summed E-state index contributed by atoms with van der Waals surface area (Å²) in [7, 11) is 0. The van der Waals surface area contributed by atoms with Crippen molar-refractivity contribution < 1.29 is 24.2 Å². The minimum atomic E-state index is -1.13. The van der Waals surface area contributed by atoms with Crippen LogP contribution in [0, 0.1) is 6.92 Å². The van der Waals surface area contributed by atoms with E-state index in [9.17, 15) is 24.6 Å². The molecular formula is C17H18ClNO6S. The Hall–Kier alpha value is -2.19. The molecule has 1 heterocycles. The van der Waals surface area contributed by atoms with Gasteiger partial charge in [0.1, 0.15) is 17.4 Å². The molecule has 26 heavy (non-hydrogen) atoms. The smallest absolute Gasteiger partial charge is 0.340 e. The Morgan fingerprint density at radius 3 is 2.69 bits per heavy atom. The zero-order valence-electron chi connectivity index (χ0n) is 14.2. The van der Waals surface area contributed by atoms with Gasteiger partial charge in [-0.05, 0) is 37.0 Å². The molecule has 0 fully saturated rings. The van der Waals surface area contributed by atoms with E-state index in [1.807, 2.05) is 6.26 Å². The molecule has 1 aromatic heterocycles. The van der Waals surface area contributed by atoms with Crippen molar-refractivity contribution in [1.82, 2.24) is 5.32 Å². The van der Waals surface area contributed by atoms with E-state index in [1.165, 1.54) is 23.9 Å². The van der Waals surface area contributed by atoms with Gasteiger partial charge in [0, 0.05) is 11.5 Å². The zero-order valence-corrected chi connectivity index (χ0v) is 15.7. The average molecular weight is 400 g/mol. The molecule has 0 saturated heterocycles. The largest absolute Gasteiger partial charge is 0.506 e. The molecular weight excluding hydrogens is 382 g/mol. The van der Waals surface area contributed by atoms with Gasteiger partial charge in [0.2, 0.25) is 5.91 Å². The van der Waals surface area contributed by atoms with Gasteiger partial charge in [-0.2, -0.15) is 11.8 Å². The maximum Gasteiger partial charge on any atom is 0.340 e. The van der Waals surface area contributed by atoms with E-state index in [4.69, 9.17) is 16.0 Å². The van der Waals surface area contributed by atoms with Crippen LogP contribution in [-0.2, 0) is 16.0 Å². The summed E-state index contributed by atoms with van der Waals surface area (Å²) < 4.78 is 5.15. The Balaban J connectivity index is 2.29. The summed E-state index contributed by atoms with van der Waals surface area (Å²) in [5.41, 5.74) is 0.0415. The van der Waals surface area contributed by atoms with Crippen molar-refractivity contribution >= 4 is 46.2 Å². The molecule has 1 unspecified atom stereocenters. The molecule has 1 atom stereocenters. The first-order chi connectivity index (χ1) is 12.2. The number of halogens is 1. The van der Waals surface area contributed by atoms with Gasteiger partial charge >= 0.3 is 11.6 Å². The minimum Gasteiger partial charge on any atom is -0.506 e. The zero-order chi connectivity index (χ0) is 19.4. The van der Waals surface area contributed by atoms with E-state index in [1.54, 1.807) is 6.92 Å². The van der Waals surface area contributed by atoms with Gasteiger partial charge in [0.05, 0.1) is 17.0 Å². The molecule has 7 nitrogen and oxygen atoms in total. The number of benzene rings is 1. The number of phenols is 1. The van der Waals surface area contributed by atoms with Crippen LogP contribution in [-0.4, -0.2) is 40.1 Å². The lowest BCUT2D eigenvalue weighted by Gasteiger charge is -2.14. The fourth-order valence-electron chi connectivity index (χ4n) is 2.50. The minimum absolute atomic E-state index is 0.0906. The number of carbonyl (C=O) groups excluding carboxylic acids is 1. The van der Waals surface area contributed by atoms with Crippen LogP contribution in [0.1, 0.15) is 17.5 Å². The molecule has 9 heteroatoms. The number of carboxylic acid groups (broad SMARTS) is 1. The van der Waals surface area contributed by atoms with E-state index in [0.717, 1.165) is 0 Å². The van der Waals surface area contributed by atoms with E-state index in [2.05, 4.69) is 5.32 Å². The SMILES string of the molecule is CSCCC(NC(=O)Cc1c(C)c2cc(Cl)c(O)cc2oc1=O)C(=O)O. The molecule has 0 aliphatic carbocycles. The number of carbonyl (C=O) groups is 2. The Labute approximate surface area is 158 Å². The first kappa shape index (κ1) is 20.1. The Kier molecular flexibility index (Phi) is 6.55. The quantitative estimate of drug-likeness (QED) is 0.611. The second-order valence-electron chi connectivity index (χ2n) is 5.71. The molecule has 1 amide bonds. The number of rotatable bonds is 7. The molecule has 2 rings (SSSR count). The summed E-state index contributed by atoms with van der Waals surface area (Å²) in [6.45, 7) is 1.64. The Morgan fingerprint density at radius 1 is 1.38 bits per heavy atom. The van der Waals surface area contributed by atoms with Crippen molar-refractivity contribution in [3.05, 3.63) is 38.7 Å². The van der Waals surface area contributed by atoms with E-state index in [0.29, 0.717) is 16.7 Å². The van der Waals surface area contributed by atoms with Gasteiger partial charge in [-0.3, -0.25) is 4.79 Å². The number of phenolic OH excluding ortho intramolecular Hbond substituents is 1. The molecule has 1 aromatic carbocycles. The molecule has 0 spiro atoms. The summed E-state index contributed by atoms with van der Waals surface area (Å²) in [6.07, 6.45) is 1.81. The highest BCUT2D eigenvalue weighted by atomic mass is 35.5. The van der Waals surface area contributed by atoms with Gasteiger partial charge in [-0.1, -0.05) is 11.6 Å². The summed E-state index contributed by atoms with van der Waals surface area (Å²) in [6, 6.07) is 1.66. The fraction of sp³-hybridized carbons (Fsp3) is 0.353. The predicted octanol–water partition coefficient (Wildman–Crippen LogP) is 2.33. The van der Waals surface area contributed by atoms with Crippen molar-refractivity contribution in [3.8, 4) is 5.75 Å². The number of nitrogens with one attached hydrogen (secondary N) is 1.